The second kappa shape index (κ2) is 4.69. The zero-order valence-electron chi connectivity index (χ0n) is 8.44. The summed E-state index contributed by atoms with van der Waals surface area (Å²) in [6.07, 6.45) is 1.70. The highest BCUT2D eigenvalue weighted by Gasteiger charge is 1.96. The van der Waals surface area contributed by atoms with Gasteiger partial charge in [0.2, 0.25) is 0 Å². The van der Waals surface area contributed by atoms with Gasteiger partial charge in [0.15, 0.2) is 0 Å². The number of aromatic nitrogens is 1. The van der Waals surface area contributed by atoms with Gasteiger partial charge in [0.25, 0.3) is 0 Å². The first kappa shape index (κ1) is 10.5. The average Bonchev–Trinajstić information content (AvgIpc) is 2.29. The van der Waals surface area contributed by atoms with E-state index in [1.807, 2.05) is 18.2 Å². The van der Waals surface area contributed by atoms with Crippen molar-refractivity contribution in [1.82, 2.24) is 4.98 Å². The minimum atomic E-state index is 0.559. The molecule has 1 aromatic carbocycles. The molecule has 2 nitrogen and oxygen atoms in total. The minimum Gasteiger partial charge on any atom is -0.399 e. The molecule has 16 heavy (non-hydrogen) atoms. The van der Waals surface area contributed by atoms with E-state index in [0.29, 0.717) is 10.7 Å². The quantitative estimate of drug-likeness (QED) is 0.556. The standard InChI is InChI=1S/C13H9ClN2/c14-13-9-11(15)6-4-10(13)5-7-12-3-1-2-8-16-12/h1-4,6,8-9H,15H2. The number of pyridine rings is 1. The summed E-state index contributed by atoms with van der Waals surface area (Å²) in [5.74, 6) is 5.89. The van der Waals surface area contributed by atoms with Crippen LogP contribution < -0.4 is 5.73 Å². The number of halogens is 1. The van der Waals surface area contributed by atoms with Crippen LogP contribution in [0.2, 0.25) is 5.02 Å². The monoisotopic (exact) mass is 228 g/mol. The summed E-state index contributed by atoms with van der Waals surface area (Å²) >= 11 is 5.99. The van der Waals surface area contributed by atoms with E-state index in [-0.39, 0.29) is 0 Å². The van der Waals surface area contributed by atoms with Crippen LogP contribution in [0.4, 0.5) is 5.69 Å². The molecule has 0 aliphatic rings. The van der Waals surface area contributed by atoms with Crippen molar-refractivity contribution in [3.8, 4) is 11.8 Å². The maximum Gasteiger partial charge on any atom is 0.113 e. The van der Waals surface area contributed by atoms with Crippen LogP contribution in [0.1, 0.15) is 11.3 Å². The molecule has 2 N–H and O–H groups in total. The zero-order valence-corrected chi connectivity index (χ0v) is 9.20. The van der Waals surface area contributed by atoms with Gasteiger partial charge in [-0.05, 0) is 36.3 Å². The van der Waals surface area contributed by atoms with Gasteiger partial charge < -0.3 is 5.73 Å². The van der Waals surface area contributed by atoms with Crippen molar-refractivity contribution in [2.75, 3.05) is 5.73 Å². The molecule has 0 amide bonds. The molecule has 0 saturated carbocycles. The lowest BCUT2D eigenvalue weighted by Crippen LogP contribution is -1.86. The average molecular weight is 229 g/mol. The Morgan fingerprint density at radius 2 is 2.00 bits per heavy atom. The molecule has 78 valence electrons. The lowest BCUT2D eigenvalue weighted by Gasteiger charge is -1.96. The van der Waals surface area contributed by atoms with Gasteiger partial charge in [-0.3, -0.25) is 0 Å². The van der Waals surface area contributed by atoms with Gasteiger partial charge in [-0.25, -0.2) is 4.98 Å². The van der Waals surface area contributed by atoms with E-state index >= 15 is 0 Å². The molecule has 0 spiro atoms. The summed E-state index contributed by atoms with van der Waals surface area (Å²) < 4.78 is 0. The molecule has 0 atom stereocenters. The van der Waals surface area contributed by atoms with Crippen molar-refractivity contribution in [1.29, 1.82) is 0 Å². The van der Waals surface area contributed by atoms with Crippen molar-refractivity contribution >= 4 is 17.3 Å². The maximum atomic E-state index is 5.99. The van der Waals surface area contributed by atoms with Gasteiger partial charge in [0.05, 0.1) is 5.02 Å². The van der Waals surface area contributed by atoms with Gasteiger partial charge in [-0.1, -0.05) is 23.6 Å². The summed E-state index contributed by atoms with van der Waals surface area (Å²) in [7, 11) is 0. The number of rotatable bonds is 0. The fourth-order valence-corrected chi connectivity index (χ4v) is 1.44. The third-order valence-electron chi connectivity index (χ3n) is 1.98. The number of nitrogen functional groups attached to an aromatic ring is 1. The largest absolute Gasteiger partial charge is 0.399 e. The molecule has 0 aliphatic carbocycles. The summed E-state index contributed by atoms with van der Waals surface area (Å²) in [5, 5.41) is 0.559. The lowest BCUT2D eigenvalue weighted by molar-refractivity contribution is 1.29. The van der Waals surface area contributed by atoms with Crippen LogP contribution in [-0.4, -0.2) is 4.98 Å². The highest BCUT2D eigenvalue weighted by atomic mass is 35.5. The van der Waals surface area contributed by atoms with Crippen LogP contribution in [0.5, 0.6) is 0 Å². The SMILES string of the molecule is Nc1ccc(C#Cc2ccccn2)c(Cl)c1. The van der Waals surface area contributed by atoms with E-state index in [4.69, 9.17) is 17.3 Å². The van der Waals surface area contributed by atoms with Crippen LogP contribution >= 0.6 is 11.6 Å². The Morgan fingerprint density at radius 1 is 1.12 bits per heavy atom. The first-order valence-electron chi connectivity index (χ1n) is 4.74. The van der Waals surface area contributed by atoms with Gasteiger partial charge in [-0.2, -0.15) is 0 Å². The molecule has 1 aromatic heterocycles. The fraction of sp³-hybridized carbons (Fsp3) is 0. The topological polar surface area (TPSA) is 38.9 Å². The normalized spacial score (nSPS) is 9.31. The fourth-order valence-electron chi connectivity index (χ4n) is 1.20. The predicted octanol–water partition coefficient (Wildman–Crippen LogP) is 2.72. The lowest BCUT2D eigenvalue weighted by atomic mass is 10.2. The van der Waals surface area contributed by atoms with Crippen molar-refractivity contribution in [2.45, 2.75) is 0 Å². The van der Waals surface area contributed by atoms with E-state index in [9.17, 15) is 0 Å². The van der Waals surface area contributed by atoms with Crippen molar-refractivity contribution in [2.24, 2.45) is 0 Å². The van der Waals surface area contributed by atoms with Gasteiger partial charge >= 0.3 is 0 Å². The van der Waals surface area contributed by atoms with E-state index in [1.54, 1.807) is 24.4 Å². The van der Waals surface area contributed by atoms with E-state index in [2.05, 4.69) is 16.8 Å². The Bertz CT molecular complexity index is 553. The van der Waals surface area contributed by atoms with Crippen LogP contribution in [0.25, 0.3) is 0 Å². The van der Waals surface area contributed by atoms with Crippen molar-refractivity contribution < 1.29 is 0 Å². The van der Waals surface area contributed by atoms with Gasteiger partial charge in [0, 0.05) is 17.4 Å². The van der Waals surface area contributed by atoms with Crippen LogP contribution in [-0.2, 0) is 0 Å². The Labute approximate surface area is 99.1 Å². The highest BCUT2D eigenvalue weighted by Crippen LogP contribution is 2.17. The summed E-state index contributed by atoms with van der Waals surface area (Å²) in [5.41, 5.74) is 7.69. The van der Waals surface area contributed by atoms with E-state index < -0.39 is 0 Å². The molecule has 0 unspecified atom stereocenters. The molecular weight excluding hydrogens is 220 g/mol. The first-order chi connectivity index (χ1) is 7.75. The molecule has 3 heteroatoms. The van der Waals surface area contributed by atoms with Crippen LogP contribution in [0.3, 0.4) is 0 Å². The first-order valence-corrected chi connectivity index (χ1v) is 5.11. The van der Waals surface area contributed by atoms with Crippen LogP contribution in [0.15, 0.2) is 42.6 Å². The highest BCUT2D eigenvalue weighted by molar-refractivity contribution is 6.32. The van der Waals surface area contributed by atoms with Crippen LogP contribution in [0, 0.1) is 11.8 Å². The summed E-state index contributed by atoms with van der Waals surface area (Å²) in [4.78, 5) is 4.10. The summed E-state index contributed by atoms with van der Waals surface area (Å²) in [6, 6.07) is 10.8. The minimum absolute atomic E-state index is 0.559. The number of anilines is 1. The maximum absolute atomic E-state index is 5.99. The third kappa shape index (κ3) is 2.53. The van der Waals surface area contributed by atoms with Gasteiger partial charge in [-0.15, -0.1) is 0 Å². The zero-order chi connectivity index (χ0) is 11.4. The Hall–Kier alpha value is -1.98. The molecule has 2 rings (SSSR count). The van der Waals surface area contributed by atoms with E-state index in [0.717, 1.165) is 11.3 Å². The molecule has 0 radical (unpaired) electrons. The van der Waals surface area contributed by atoms with Crippen molar-refractivity contribution in [3.05, 3.63) is 58.9 Å². The third-order valence-corrected chi connectivity index (χ3v) is 2.30. The molecule has 1 heterocycles. The number of hydrogen-bond donors (Lipinski definition) is 1. The second-order valence-electron chi connectivity index (χ2n) is 3.20. The number of nitrogens with zero attached hydrogens (tertiary/aromatic N) is 1. The molecule has 2 aromatic rings. The molecular formula is C13H9ClN2. The summed E-state index contributed by atoms with van der Waals surface area (Å²) in [6.45, 7) is 0. The molecule has 0 bridgehead atoms. The van der Waals surface area contributed by atoms with Crippen molar-refractivity contribution in [3.63, 3.8) is 0 Å². The second-order valence-corrected chi connectivity index (χ2v) is 3.61. The predicted molar refractivity (Wildman–Crippen MR) is 66.1 cm³/mol. The Morgan fingerprint density at radius 3 is 2.69 bits per heavy atom. The molecule has 0 saturated heterocycles. The smallest absolute Gasteiger partial charge is 0.113 e. The van der Waals surface area contributed by atoms with Gasteiger partial charge in [0.1, 0.15) is 5.69 Å². The number of benzene rings is 1. The number of hydrogen-bond acceptors (Lipinski definition) is 2. The molecule has 0 aliphatic heterocycles. The molecule has 0 fully saturated rings. The van der Waals surface area contributed by atoms with E-state index in [1.165, 1.54) is 0 Å². The Kier molecular flexibility index (Phi) is 3.09. The Balaban J connectivity index is 2.31. The number of nitrogens with two attached hydrogens (primary N) is 1.